The molecule has 0 amide bonds. The van der Waals surface area contributed by atoms with Crippen molar-refractivity contribution in [2.75, 3.05) is 32.1 Å². The van der Waals surface area contributed by atoms with Crippen molar-refractivity contribution in [1.82, 2.24) is 5.32 Å². The Morgan fingerprint density at radius 2 is 2.05 bits per heavy atom. The first-order valence-electron chi connectivity index (χ1n) is 7.47. The highest BCUT2D eigenvalue weighted by Crippen LogP contribution is 2.12. The van der Waals surface area contributed by atoms with E-state index in [0.717, 1.165) is 44.2 Å². The van der Waals surface area contributed by atoms with Gasteiger partial charge in [0.05, 0.1) is 0 Å². The summed E-state index contributed by atoms with van der Waals surface area (Å²) in [4.78, 5) is 4.26. The van der Waals surface area contributed by atoms with E-state index < -0.39 is 0 Å². The number of nitrogens with zero attached hydrogens (tertiary/aromatic N) is 1. The number of halogens is 1. The minimum Gasteiger partial charge on any atom is -0.382 e. The van der Waals surface area contributed by atoms with Crippen LogP contribution in [-0.2, 0) is 10.5 Å². The summed E-state index contributed by atoms with van der Waals surface area (Å²) in [5.41, 5.74) is 8.46. The summed E-state index contributed by atoms with van der Waals surface area (Å²) in [6, 6.07) is 8.68. The Balaban J connectivity index is 0.00000441. The van der Waals surface area contributed by atoms with Crippen LogP contribution >= 0.6 is 35.7 Å². The smallest absolute Gasteiger partial charge is 0.188 e. The Labute approximate surface area is 155 Å². The fraction of sp³-hybridized carbons (Fsp3) is 0.562. The van der Waals surface area contributed by atoms with Crippen molar-refractivity contribution in [2.45, 2.75) is 26.0 Å². The van der Waals surface area contributed by atoms with E-state index >= 15 is 0 Å². The molecule has 126 valence electrons. The maximum Gasteiger partial charge on any atom is 0.188 e. The second-order valence-electron chi connectivity index (χ2n) is 4.78. The number of aliphatic imine (C=N–C) groups is 1. The highest BCUT2D eigenvalue weighted by molar-refractivity contribution is 14.0. The van der Waals surface area contributed by atoms with E-state index in [4.69, 9.17) is 10.5 Å². The first-order chi connectivity index (χ1) is 10.2. The lowest BCUT2D eigenvalue weighted by Crippen LogP contribution is -2.33. The number of hydrogen-bond acceptors (Lipinski definition) is 3. The SMILES string of the molecule is CCOCCCN=C(N)NCCSCc1ccc(C)cc1.I. The Morgan fingerprint density at radius 1 is 1.32 bits per heavy atom. The van der Waals surface area contributed by atoms with Crippen molar-refractivity contribution < 1.29 is 4.74 Å². The van der Waals surface area contributed by atoms with Crippen molar-refractivity contribution in [3.05, 3.63) is 35.4 Å². The first-order valence-corrected chi connectivity index (χ1v) is 8.62. The number of benzene rings is 1. The molecule has 0 aliphatic rings. The van der Waals surface area contributed by atoms with Crippen molar-refractivity contribution >= 4 is 41.7 Å². The van der Waals surface area contributed by atoms with Gasteiger partial charge >= 0.3 is 0 Å². The van der Waals surface area contributed by atoms with E-state index in [2.05, 4.69) is 41.5 Å². The van der Waals surface area contributed by atoms with Gasteiger partial charge in [0.1, 0.15) is 0 Å². The molecule has 0 saturated heterocycles. The predicted octanol–water partition coefficient (Wildman–Crippen LogP) is 3.18. The van der Waals surface area contributed by atoms with Gasteiger partial charge in [-0.05, 0) is 25.8 Å². The molecule has 1 aromatic rings. The van der Waals surface area contributed by atoms with E-state index in [1.807, 2.05) is 18.7 Å². The van der Waals surface area contributed by atoms with Crippen molar-refractivity contribution in [3.8, 4) is 0 Å². The summed E-state index contributed by atoms with van der Waals surface area (Å²) in [7, 11) is 0. The Hall–Kier alpha value is -0.470. The first kappa shape index (κ1) is 21.5. The molecule has 6 heteroatoms. The molecule has 0 aliphatic heterocycles. The lowest BCUT2D eigenvalue weighted by molar-refractivity contribution is 0.146. The molecule has 22 heavy (non-hydrogen) atoms. The van der Waals surface area contributed by atoms with Gasteiger partial charge in [0.2, 0.25) is 0 Å². The van der Waals surface area contributed by atoms with Gasteiger partial charge in [-0.3, -0.25) is 4.99 Å². The molecule has 0 spiro atoms. The van der Waals surface area contributed by atoms with Crippen molar-refractivity contribution in [1.29, 1.82) is 0 Å². The standard InChI is InChI=1S/C16H27N3OS.HI/c1-3-20-11-4-9-18-16(17)19-10-12-21-13-15-7-5-14(2)6-8-15;/h5-8H,3-4,9-13H2,1-2H3,(H3,17,18,19);1H. The number of ether oxygens (including phenoxy) is 1. The summed E-state index contributed by atoms with van der Waals surface area (Å²) >= 11 is 1.90. The number of aryl methyl sites for hydroxylation is 1. The van der Waals surface area contributed by atoms with E-state index in [-0.39, 0.29) is 24.0 Å². The summed E-state index contributed by atoms with van der Waals surface area (Å²) < 4.78 is 5.24. The third-order valence-corrected chi connectivity index (χ3v) is 3.91. The quantitative estimate of drug-likeness (QED) is 0.256. The topological polar surface area (TPSA) is 59.6 Å². The molecule has 0 heterocycles. The molecule has 1 aromatic carbocycles. The molecular weight excluding hydrogens is 409 g/mol. The van der Waals surface area contributed by atoms with Crippen LogP contribution in [0.1, 0.15) is 24.5 Å². The number of rotatable bonds is 10. The Bertz CT molecular complexity index is 412. The fourth-order valence-electron chi connectivity index (χ4n) is 1.69. The third-order valence-electron chi connectivity index (χ3n) is 2.87. The second kappa shape index (κ2) is 14.1. The van der Waals surface area contributed by atoms with Crippen LogP contribution in [0.15, 0.2) is 29.3 Å². The monoisotopic (exact) mass is 437 g/mol. The molecule has 0 atom stereocenters. The normalized spacial score (nSPS) is 11.1. The molecule has 4 nitrogen and oxygen atoms in total. The van der Waals surface area contributed by atoms with Crippen molar-refractivity contribution in [3.63, 3.8) is 0 Å². The van der Waals surface area contributed by atoms with E-state index in [1.165, 1.54) is 11.1 Å². The van der Waals surface area contributed by atoms with Crippen LogP contribution in [-0.4, -0.2) is 38.0 Å². The minimum absolute atomic E-state index is 0. The van der Waals surface area contributed by atoms with Gasteiger partial charge in [-0.25, -0.2) is 0 Å². The molecule has 0 fully saturated rings. The Kier molecular flexibility index (Phi) is 13.8. The second-order valence-corrected chi connectivity index (χ2v) is 5.89. The number of nitrogens with one attached hydrogen (secondary N) is 1. The number of nitrogens with two attached hydrogens (primary N) is 1. The molecule has 3 N–H and O–H groups in total. The number of hydrogen-bond donors (Lipinski definition) is 2. The maximum absolute atomic E-state index is 5.79. The zero-order chi connectivity index (χ0) is 15.3. The van der Waals surface area contributed by atoms with E-state index in [1.54, 1.807) is 0 Å². The molecule has 0 unspecified atom stereocenters. The minimum atomic E-state index is 0. The van der Waals surface area contributed by atoms with Gasteiger partial charge in [-0.2, -0.15) is 11.8 Å². The van der Waals surface area contributed by atoms with Crippen LogP contribution in [0, 0.1) is 6.92 Å². The molecule has 1 rings (SSSR count). The van der Waals surface area contributed by atoms with Crippen molar-refractivity contribution in [2.24, 2.45) is 10.7 Å². The zero-order valence-corrected chi connectivity index (χ0v) is 16.7. The molecule has 0 bridgehead atoms. The van der Waals surface area contributed by atoms with Crippen LogP contribution < -0.4 is 11.1 Å². The summed E-state index contributed by atoms with van der Waals surface area (Å²) in [5, 5.41) is 3.14. The summed E-state index contributed by atoms with van der Waals surface area (Å²) in [5.74, 6) is 2.58. The van der Waals surface area contributed by atoms with Crippen LogP contribution in [0.3, 0.4) is 0 Å². The van der Waals surface area contributed by atoms with Crippen LogP contribution in [0.4, 0.5) is 0 Å². The van der Waals surface area contributed by atoms with Gasteiger partial charge in [0, 0.05) is 37.8 Å². The highest BCUT2D eigenvalue weighted by Gasteiger charge is 1.95. The lowest BCUT2D eigenvalue weighted by atomic mass is 10.2. The van der Waals surface area contributed by atoms with Gasteiger partial charge in [0.15, 0.2) is 5.96 Å². The van der Waals surface area contributed by atoms with E-state index in [0.29, 0.717) is 5.96 Å². The molecule has 0 radical (unpaired) electrons. The van der Waals surface area contributed by atoms with E-state index in [9.17, 15) is 0 Å². The fourth-order valence-corrected chi connectivity index (χ4v) is 2.51. The average molecular weight is 437 g/mol. The Morgan fingerprint density at radius 3 is 2.73 bits per heavy atom. The highest BCUT2D eigenvalue weighted by atomic mass is 127. The molecule has 0 aliphatic carbocycles. The molecule has 0 saturated carbocycles. The average Bonchev–Trinajstić information content (AvgIpc) is 2.48. The van der Waals surface area contributed by atoms with Gasteiger partial charge in [-0.1, -0.05) is 29.8 Å². The molecular formula is C16H28IN3OS. The largest absolute Gasteiger partial charge is 0.382 e. The summed E-state index contributed by atoms with van der Waals surface area (Å²) in [6.07, 6.45) is 0.915. The zero-order valence-electron chi connectivity index (χ0n) is 13.5. The van der Waals surface area contributed by atoms with Gasteiger partial charge in [-0.15, -0.1) is 24.0 Å². The predicted molar refractivity (Wildman–Crippen MR) is 108 cm³/mol. The summed E-state index contributed by atoms with van der Waals surface area (Å²) in [6.45, 7) is 7.17. The van der Waals surface area contributed by atoms with Gasteiger partial charge < -0.3 is 15.8 Å². The molecule has 0 aromatic heterocycles. The number of guanidine groups is 1. The van der Waals surface area contributed by atoms with Crippen LogP contribution in [0.5, 0.6) is 0 Å². The van der Waals surface area contributed by atoms with Crippen LogP contribution in [0.25, 0.3) is 0 Å². The lowest BCUT2D eigenvalue weighted by Gasteiger charge is -2.06. The van der Waals surface area contributed by atoms with Crippen LogP contribution in [0.2, 0.25) is 0 Å². The number of thioether (sulfide) groups is 1. The van der Waals surface area contributed by atoms with Gasteiger partial charge in [0.25, 0.3) is 0 Å². The third kappa shape index (κ3) is 11.1. The maximum atomic E-state index is 5.79.